The highest BCUT2D eigenvalue weighted by atomic mass is 19.4. The molecule has 0 bridgehead atoms. The molecule has 1 unspecified atom stereocenters. The van der Waals surface area contributed by atoms with Crippen LogP contribution >= 0.6 is 0 Å². The van der Waals surface area contributed by atoms with Crippen LogP contribution in [0.15, 0.2) is 0 Å². The summed E-state index contributed by atoms with van der Waals surface area (Å²) in [6, 6.07) is 0. The van der Waals surface area contributed by atoms with E-state index in [4.69, 9.17) is 0 Å². The molecule has 1 radical (unpaired) electrons. The number of hydrogen-bond acceptors (Lipinski definition) is 0. The summed E-state index contributed by atoms with van der Waals surface area (Å²) in [5, 5.41) is 10.8. The summed E-state index contributed by atoms with van der Waals surface area (Å²) in [5.41, 5.74) is 0. The Balaban J connectivity index is 2.45. The molecular formula is C8H12F3O. The first-order valence-corrected chi connectivity index (χ1v) is 4.24. The van der Waals surface area contributed by atoms with Crippen molar-refractivity contribution in [2.75, 3.05) is 0 Å². The van der Waals surface area contributed by atoms with Gasteiger partial charge in [0.15, 0.2) is 6.10 Å². The van der Waals surface area contributed by atoms with Crippen LogP contribution < -0.4 is 0 Å². The lowest BCUT2D eigenvalue weighted by atomic mass is 9.85. The van der Waals surface area contributed by atoms with Crippen LogP contribution in [0.4, 0.5) is 13.2 Å². The molecule has 0 aromatic rings. The van der Waals surface area contributed by atoms with Gasteiger partial charge < -0.3 is 0 Å². The molecule has 1 nitrogen and oxygen atoms in total. The fourth-order valence-corrected chi connectivity index (χ4v) is 1.70. The van der Waals surface area contributed by atoms with E-state index in [1.807, 2.05) is 0 Å². The molecule has 1 atom stereocenters. The van der Waals surface area contributed by atoms with Gasteiger partial charge in [0.1, 0.15) is 0 Å². The van der Waals surface area contributed by atoms with Gasteiger partial charge in [0.25, 0.3) is 0 Å². The number of hydrogen-bond donors (Lipinski definition) is 0. The molecule has 0 amide bonds. The molecular weight excluding hydrogens is 169 g/mol. The first-order chi connectivity index (χ1) is 5.52. The maximum Gasteiger partial charge on any atom is 0.418 e. The predicted octanol–water partition coefficient (Wildman–Crippen LogP) is 2.93. The number of alkyl halides is 3. The summed E-state index contributed by atoms with van der Waals surface area (Å²) < 4.78 is 35.8. The van der Waals surface area contributed by atoms with Crippen molar-refractivity contribution in [1.29, 1.82) is 0 Å². The lowest BCUT2D eigenvalue weighted by Gasteiger charge is -2.26. The van der Waals surface area contributed by atoms with Gasteiger partial charge in [-0.3, -0.25) is 0 Å². The van der Waals surface area contributed by atoms with E-state index in [2.05, 4.69) is 0 Å². The number of rotatable bonds is 1. The molecule has 12 heavy (non-hydrogen) atoms. The molecule has 0 aromatic heterocycles. The Morgan fingerprint density at radius 3 is 2.00 bits per heavy atom. The molecule has 71 valence electrons. The van der Waals surface area contributed by atoms with Gasteiger partial charge in [-0.25, -0.2) is 5.11 Å². The fraction of sp³-hybridized carbons (Fsp3) is 1.00. The zero-order chi connectivity index (χ0) is 9.19. The maximum atomic E-state index is 11.9. The Morgan fingerprint density at radius 1 is 1.08 bits per heavy atom. The molecule has 1 aliphatic carbocycles. The van der Waals surface area contributed by atoms with E-state index < -0.39 is 18.2 Å². The molecule has 0 aromatic carbocycles. The Bertz CT molecular complexity index is 138. The second-order valence-electron chi connectivity index (χ2n) is 3.36. The van der Waals surface area contributed by atoms with E-state index in [1.165, 1.54) is 0 Å². The van der Waals surface area contributed by atoms with Gasteiger partial charge in [-0.1, -0.05) is 19.3 Å². The van der Waals surface area contributed by atoms with Crippen LogP contribution in [-0.4, -0.2) is 12.3 Å². The summed E-state index contributed by atoms with van der Waals surface area (Å²) in [6.45, 7) is 0. The normalized spacial score (nSPS) is 24.0. The zero-order valence-corrected chi connectivity index (χ0v) is 6.73. The topological polar surface area (TPSA) is 19.9 Å². The van der Waals surface area contributed by atoms with Gasteiger partial charge in [0, 0.05) is 0 Å². The Hall–Kier alpha value is -0.250. The second-order valence-corrected chi connectivity index (χ2v) is 3.36. The highest BCUT2D eigenvalue weighted by molar-refractivity contribution is 4.77. The monoisotopic (exact) mass is 181 g/mol. The van der Waals surface area contributed by atoms with Crippen molar-refractivity contribution in [3.63, 3.8) is 0 Å². The summed E-state index contributed by atoms with van der Waals surface area (Å²) in [6.07, 6.45) is -3.46. The number of halogens is 3. The molecule has 4 heteroatoms. The Labute approximate surface area is 69.6 Å². The summed E-state index contributed by atoms with van der Waals surface area (Å²) >= 11 is 0. The van der Waals surface area contributed by atoms with E-state index >= 15 is 0 Å². The van der Waals surface area contributed by atoms with E-state index in [-0.39, 0.29) is 0 Å². The lowest BCUT2D eigenvalue weighted by molar-refractivity contribution is -0.240. The quantitative estimate of drug-likeness (QED) is 0.592. The highest BCUT2D eigenvalue weighted by Gasteiger charge is 2.44. The van der Waals surface area contributed by atoms with Crippen LogP contribution in [-0.2, 0) is 5.11 Å². The van der Waals surface area contributed by atoms with Crippen LogP contribution in [0, 0.1) is 5.92 Å². The minimum Gasteiger partial charge on any atom is -0.223 e. The van der Waals surface area contributed by atoms with Crippen LogP contribution in [0.1, 0.15) is 32.1 Å². The van der Waals surface area contributed by atoms with E-state index in [1.54, 1.807) is 0 Å². The van der Waals surface area contributed by atoms with Gasteiger partial charge in [-0.2, -0.15) is 13.2 Å². The van der Waals surface area contributed by atoms with Crippen molar-refractivity contribution in [3.05, 3.63) is 0 Å². The third kappa shape index (κ3) is 2.37. The summed E-state index contributed by atoms with van der Waals surface area (Å²) in [4.78, 5) is 0. The molecule has 0 N–H and O–H groups in total. The third-order valence-electron chi connectivity index (χ3n) is 2.40. The first-order valence-electron chi connectivity index (χ1n) is 4.24. The lowest BCUT2D eigenvalue weighted by Crippen LogP contribution is -2.35. The largest absolute Gasteiger partial charge is 0.418 e. The standard InChI is InChI=1S/C8H12F3O/c9-8(10,11)7(12)6-4-2-1-3-5-6/h6-7H,1-5H2. The molecule has 1 rings (SSSR count). The van der Waals surface area contributed by atoms with E-state index in [0.717, 1.165) is 19.3 Å². The SMILES string of the molecule is [O]C(C1CCCCC1)C(F)(F)F. The maximum absolute atomic E-state index is 11.9. The van der Waals surface area contributed by atoms with Gasteiger partial charge in [-0.05, 0) is 18.8 Å². The second kappa shape index (κ2) is 3.64. The minimum absolute atomic E-state index is 0.452. The zero-order valence-electron chi connectivity index (χ0n) is 6.73. The first kappa shape index (κ1) is 9.84. The summed E-state index contributed by atoms with van der Waals surface area (Å²) in [7, 11) is 0. The smallest absolute Gasteiger partial charge is 0.223 e. The van der Waals surface area contributed by atoms with Crippen molar-refractivity contribution >= 4 is 0 Å². The van der Waals surface area contributed by atoms with E-state index in [9.17, 15) is 18.3 Å². The van der Waals surface area contributed by atoms with Crippen LogP contribution in [0.25, 0.3) is 0 Å². The Kier molecular flexibility index (Phi) is 2.99. The van der Waals surface area contributed by atoms with Gasteiger partial charge in [0.05, 0.1) is 0 Å². The van der Waals surface area contributed by atoms with Crippen molar-refractivity contribution in [2.24, 2.45) is 5.92 Å². The fourth-order valence-electron chi connectivity index (χ4n) is 1.70. The van der Waals surface area contributed by atoms with Gasteiger partial charge in [0.2, 0.25) is 0 Å². The van der Waals surface area contributed by atoms with Crippen LogP contribution in [0.2, 0.25) is 0 Å². The average Bonchev–Trinajstić information content (AvgIpc) is 2.03. The molecule has 0 spiro atoms. The minimum atomic E-state index is -4.54. The Morgan fingerprint density at radius 2 is 1.58 bits per heavy atom. The van der Waals surface area contributed by atoms with Crippen LogP contribution in [0.5, 0.6) is 0 Å². The summed E-state index contributed by atoms with van der Waals surface area (Å²) in [5.74, 6) is -0.668. The predicted molar refractivity (Wildman–Crippen MR) is 37.1 cm³/mol. The molecule has 1 saturated carbocycles. The molecule has 0 heterocycles. The van der Waals surface area contributed by atoms with Crippen LogP contribution in [0.3, 0.4) is 0 Å². The van der Waals surface area contributed by atoms with Crippen molar-refractivity contribution in [1.82, 2.24) is 0 Å². The molecule has 0 saturated heterocycles. The van der Waals surface area contributed by atoms with Gasteiger partial charge in [-0.15, -0.1) is 0 Å². The van der Waals surface area contributed by atoms with Crippen molar-refractivity contribution in [3.8, 4) is 0 Å². The molecule has 1 fully saturated rings. The molecule has 0 aliphatic heterocycles. The highest BCUT2D eigenvalue weighted by Crippen LogP contribution is 2.34. The van der Waals surface area contributed by atoms with Gasteiger partial charge >= 0.3 is 6.18 Å². The van der Waals surface area contributed by atoms with E-state index in [0.29, 0.717) is 12.8 Å². The average molecular weight is 181 g/mol. The van der Waals surface area contributed by atoms with Crippen molar-refractivity contribution < 1.29 is 18.3 Å². The molecule has 1 aliphatic rings. The van der Waals surface area contributed by atoms with Crippen molar-refractivity contribution in [2.45, 2.75) is 44.4 Å². The third-order valence-corrected chi connectivity index (χ3v) is 2.40.